The first-order valence-electron chi connectivity index (χ1n) is 7.01. The number of carbonyl (C=O) groups is 2. The van der Waals surface area contributed by atoms with Gasteiger partial charge in [0.1, 0.15) is 5.54 Å². The Hall–Kier alpha value is -1.10. The van der Waals surface area contributed by atoms with Gasteiger partial charge in [-0.15, -0.1) is 0 Å². The monoisotopic (exact) mass is 270 g/mol. The molecule has 0 aromatic carbocycles. The second-order valence-corrected chi connectivity index (χ2v) is 6.24. The number of carboxylic acid groups (broad SMARTS) is 1. The summed E-state index contributed by atoms with van der Waals surface area (Å²) in [5.41, 5.74) is -1.15. The molecular formula is C14H26N2O3. The first-order chi connectivity index (χ1) is 8.71. The van der Waals surface area contributed by atoms with Crippen LogP contribution in [-0.2, 0) is 9.59 Å². The normalized spacial score (nSPS) is 25.1. The predicted octanol–water partition coefficient (Wildman–Crippen LogP) is 1.62. The molecular weight excluding hydrogens is 244 g/mol. The topological polar surface area (TPSA) is 69.6 Å². The molecule has 2 N–H and O–H groups in total. The summed E-state index contributed by atoms with van der Waals surface area (Å²) >= 11 is 0. The van der Waals surface area contributed by atoms with Gasteiger partial charge in [0.25, 0.3) is 0 Å². The average Bonchev–Trinajstić information content (AvgIpc) is 2.31. The number of aliphatic carboxylic acids is 1. The molecule has 1 aliphatic heterocycles. The van der Waals surface area contributed by atoms with Gasteiger partial charge in [-0.25, -0.2) is 0 Å². The van der Waals surface area contributed by atoms with Gasteiger partial charge in [0.15, 0.2) is 0 Å². The van der Waals surface area contributed by atoms with Gasteiger partial charge in [0.2, 0.25) is 5.91 Å². The third-order valence-corrected chi connectivity index (χ3v) is 4.20. The molecule has 0 aromatic rings. The lowest BCUT2D eigenvalue weighted by Crippen LogP contribution is -2.58. The minimum absolute atomic E-state index is 0.0961. The van der Waals surface area contributed by atoms with Crippen LogP contribution in [-0.4, -0.2) is 46.1 Å². The Bertz CT molecular complexity index is 355. The zero-order chi connectivity index (χ0) is 14.7. The number of piperidine rings is 1. The maximum absolute atomic E-state index is 12.1. The van der Waals surface area contributed by atoms with Gasteiger partial charge in [0.05, 0.1) is 6.54 Å². The Kier molecular flexibility index (Phi) is 4.96. The summed E-state index contributed by atoms with van der Waals surface area (Å²) in [4.78, 5) is 25.3. The van der Waals surface area contributed by atoms with Crippen LogP contribution in [0.15, 0.2) is 0 Å². The van der Waals surface area contributed by atoms with Crippen molar-refractivity contribution in [1.29, 1.82) is 0 Å². The maximum atomic E-state index is 12.1. The van der Waals surface area contributed by atoms with E-state index in [0.29, 0.717) is 13.0 Å². The molecule has 0 spiro atoms. The number of likely N-dealkylation sites (tertiary alicyclic amines) is 1. The molecule has 0 radical (unpaired) electrons. The molecule has 0 saturated carbocycles. The van der Waals surface area contributed by atoms with Crippen molar-refractivity contribution < 1.29 is 14.7 Å². The Morgan fingerprint density at radius 2 is 2.00 bits per heavy atom. The number of carboxylic acids is 1. The molecule has 0 aliphatic carbocycles. The highest BCUT2D eigenvalue weighted by Crippen LogP contribution is 2.27. The number of amides is 1. The molecule has 19 heavy (non-hydrogen) atoms. The van der Waals surface area contributed by atoms with Crippen LogP contribution in [0.5, 0.6) is 0 Å². The highest BCUT2D eigenvalue weighted by atomic mass is 16.4. The molecule has 1 atom stereocenters. The van der Waals surface area contributed by atoms with E-state index in [1.165, 1.54) is 0 Å². The second-order valence-electron chi connectivity index (χ2n) is 6.24. The molecule has 1 fully saturated rings. The van der Waals surface area contributed by atoms with E-state index in [9.17, 15) is 14.7 Å². The van der Waals surface area contributed by atoms with E-state index >= 15 is 0 Å². The van der Waals surface area contributed by atoms with E-state index in [0.717, 1.165) is 19.3 Å². The molecule has 5 nitrogen and oxygen atoms in total. The largest absolute Gasteiger partial charge is 0.480 e. The van der Waals surface area contributed by atoms with Crippen molar-refractivity contribution in [2.45, 2.75) is 64.5 Å². The molecule has 1 amide bonds. The Labute approximate surface area is 115 Å². The van der Waals surface area contributed by atoms with Crippen molar-refractivity contribution >= 4 is 11.9 Å². The summed E-state index contributed by atoms with van der Waals surface area (Å²) in [6, 6.07) is 0. The van der Waals surface area contributed by atoms with Gasteiger partial charge < -0.3 is 10.4 Å². The SMILES string of the molecule is CCC(C)(C)NC(=O)CN1CCCCC1(C)C(=O)O. The van der Waals surface area contributed by atoms with Crippen molar-refractivity contribution in [3.05, 3.63) is 0 Å². The minimum atomic E-state index is -0.911. The fraction of sp³-hybridized carbons (Fsp3) is 0.857. The standard InChI is InChI=1S/C14H26N2O3/c1-5-13(2,3)15-11(17)10-16-9-7-6-8-14(16,4)12(18)19/h5-10H2,1-4H3,(H,15,17)(H,18,19). The summed E-state index contributed by atoms with van der Waals surface area (Å²) in [5.74, 6) is -0.934. The highest BCUT2D eigenvalue weighted by molar-refractivity contribution is 5.82. The lowest BCUT2D eigenvalue weighted by molar-refractivity contribution is -0.153. The number of carbonyl (C=O) groups excluding carboxylic acids is 1. The van der Waals surface area contributed by atoms with Crippen LogP contribution in [0.3, 0.4) is 0 Å². The first kappa shape index (κ1) is 16.0. The lowest BCUT2D eigenvalue weighted by atomic mass is 9.88. The van der Waals surface area contributed by atoms with Gasteiger partial charge in [-0.3, -0.25) is 14.5 Å². The Balaban J connectivity index is 2.68. The molecule has 1 unspecified atom stereocenters. The summed E-state index contributed by atoms with van der Waals surface area (Å²) in [6.45, 7) is 8.50. The van der Waals surface area contributed by atoms with E-state index in [1.54, 1.807) is 11.8 Å². The van der Waals surface area contributed by atoms with Gasteiger partial charge in [-0.05, 0) is 53.0 Å². The number of rotatable bonds is 5. The van der Waals surface area contributed by atoms with Gasteiger partial charge in [-0.2, -0.15) is 0 Å². The average molecular weight is 270 g/mol. The smallest absolute Gasteiger partial charge is 0.323 e. The molecule has 0 bridgehead atoms. The van der Waals surface area contributed by atoms with Crippen molar-refractivity contribution in [1.82, 2.24) is 10.2 Å². The fourth-order valence-electron chi connectivity index (χ4n) is 2.35. The number of nitrogens with zero attached hydrogens (tertiary/aromatic N) is 1. The summed E-state index contributed by atoms with van der Waals surface area (Å²) in [6.07, 6.45) is 3.30. The third kappa shape index (κ3) is 3.93. The maximum Gasteiger partial charge on any atom is 0.323 e. The van der Waals surface area contributed by atoms with Gasteiger partial charge in [-0.1, -0.05) is 6.92 Å². The first-order valence-corrected chi connectivity index (χ1v) is 7.01. The van der Waals surface area contributed by atoms with E-state index in [-0.39, 0.29) is 18.0 Å². The molecule has 0 aromatic heterocycles. The van der Waals surface area contributed by atoms with E-state index in [1.807, 2.05) is 20.8 Å². The van der Waals surface area contributed by atoms with Crippen LogP contribution in [0.2, 0.25) is 0 Å². The predicted molar refractivity (Wildman–Crippen MR) is 74.0 cm³/mol. The number of nitrogens with one attached hydrogen (secondary N) is 1. The van der Waals surface area contributed by atoms with Crippen molar-refractivity contribution in [3.8, 4) is 0 Å². The summed E-state index contributed by atoms with van der Waals surface area (Å²) < 4.78 is 0. The van der Waals surface area contributed by atoms with Crippen LogP contribution in [0.1, 0.15) is 53.4 Å². The van der Waals surface area contributed by atoms with Crippen molar-refractivity contribution in [3.63, 3.8) is 0 Å². The molecule has 1 heterocycles. The van der Waals surface area contributed by atoms with E-state index in [4.69, 9.17) is 0 Å². The van der Waals surface area contributed by atoms with E-state index < -0.39 is 11.5 Å². The summed E-state index contributed by atoms with van der Waals surface area (Å²) in [5, 5.41) is 12.3. The van der Waals surface area contributed by atoms with E-state index in [2.05, 4.69) is 5.32 Å². The Morgan fingerprint density at radius 3 is 2.53 bits per heavy atom. The van der Waals surface area contributed by atoms with Crippen LogP contribution in [0.4, 0.5) is 0 Å². The lowest BCUT2D eigenvalue weighted by Gasteiger charge is -2.41. The van der Waals surface area contributed by atoms with Crippen LogP contribution in [0.25, 0.3) is 0 Å². The second kappa shape index (κ2) is 5.90. The van der Waals surface area contributed by atoms with Crippen LogP contribution >= 0.6 is 0 Å². The molecule has 1 saturated heterocycles. The van der Waals surface area contributed by atoms with Crippen molar-refractivity contribution in [2.75, 3.05) is 13.1 Å². The van der Waals surface area contributed by atoms with Crippen LogP contribution < -0.4 is 5.32 Å². The fourth-order valence-corrected chi connectivity index (χ4v) is 2.35. The van der Waals surface area contributed by atoms with Crippen LogP contribution in [0, 0.1) is 0 Å². The highest BCUT2D eigenvalue weighted by Gasteiger charge is 2.42. The third-order valence-electron chi connectivity index (χ3n) is 4.20. The zero-order valence-electron chi connectivity index (χ0n) is 12.5. The Morgan fingerprint density at radius 1 is 1.37 bits per heavy atom. The molecule has 1 aliphatic rings. The quantitative estimate of drug-likeness (QED) is 0.796. The van der Waals surface area contributed by atoms with Gasteiger partial charge >= 0.3 is 5.97 Å². The molecule has 5 heteroatoms. The minimum Gasteiger partial charge on any atom is -0.480 e. The van der Waals surface area contributed by atoms with Crippen molar-refractivity contribution in [2.24, 2.45) is 0 Å². The number of hydrogen-bond donors (Lipinski definition) is 2. The molecule has 110 valence electrons. The zero-order valence-corrected chi connectivity index (χ0v) is 12.5. The summed E-state index contributed by atoms with van der Waals surface area (Å²) in [7, 11) is 0. The molecule has 1 rings (SSSR count). The van der Waals surface area contributed by atoms with Gasteiger partial charge in [0, 0.05) is 5.54 Å². The number of hydrogen-bond acceptors (Lipinski definition) is 3.